The topological polar surface area (TPSA) is 76.8 Å². The highest BCUT2D eigenvalue weighted by molar-refractivity contribution is 7.99. The van der Waals surface area contributed by atoms with Crippen molar-refractivity contribution in [2.45, 2.75) is 5.03 Å². The van der Waals surface area contributed by atoms with Gasteiger partial charge in [-0.05, 0) is 35.9 Å². The maximum atomic E-state index is 13.2. The third-order valence-corrected chi connectivity index (χ3v) is 4.60. The van der Waals surface area contributed by atoms with Crippen molar-refractivity contribution in [3.05, 3.63) is 72.0 Å². The van der Waals surface area contributed by atoms with Gasteiger partial charge in [-0.15, -0.1) is 0 Å². The summed E-state index contributed by atoms with van der Waals surface area (Å²) in [6.07, 6.45) is 0. The zero-order valence-corrected chi connectivity index (χ0v) is 14.3. The molecule has 0 saturated carbocycles. The van der Waals surface area contributed by atoms with E-state index in [2.05, 4.69) is 11.1 Å². The van der Waals surface area contributed by atoms with E-state index in [-0.39, 0.29) is 11.6 Å². The second-order valence-corrected chi connectivity index (χ2v) is 6.34. The van der Waals surface area contributed by atoms with Gasteiger partial charge in [0.1, 0.15) is 16.9 Å². The van der Waals surface area contributed by atoms with Crippen molar-refractivity contribution in [3.63, 3.8) is 0 Å². The van der Waals surface area contributed by atoms with E-state index in [9.17, 15) is 19.6 Å². The number of carboxylic acid groups (broad SMARTS) is 1. The smallest absolute Gasteiger partial charge is 0.123 e. The molecule has 0 bridgehead atoms. The van der Waals surface area contributed by atoms with Crippen LogP contribution in [0.4, 0.5) is 4.39 Å². The van der Waals surface area contributed by atoms with Crippen molar-refractivity contribution in [2.75, 3.05) is 5.75 Å². The highest BCUT2D eigenvalue weighted by Crippen LogP contribution is 2.34. The van der Waals surface area contributed by atoms with Crippen molar-refractivity contribution >= 4 is 17.7 Å². The maximum Gasteiger partial charge on any atom is 0.123 e. The first-order valence-electron chi connectivity index (χ1n) is 7.67. The van der Waals surface area contributed by atoms with Gasteiger partial charge in [-0.3, -0.25) is 0 Å². The summed E-state index contributed by atoms with van der Waals surface area (Å²) < 4.78 is 13.2. The number of carbonyl (C=O) groups is 1. The highest BCUT2D eigenvalue weighted by atomic mass is 32.2. The minimum atomic E-state index is -1.24. The minimum absolute atomic E-state index is 0.299. The summed E-state index contributed by atoms with van der Waals surface area (Å²) in [5, 5.41) is 20.7. The average molecular weight is 363 g/mol. The number of hydrogen-bond donors (Lipinski definition) is 0. The van der Waals surface area contributed by atoms with Gasteiger partial charge in [0.05, 0.1) is 17.2 Å². The fourth-order valence-corrected chi connectivity index (χ4v) is 3.19. The molecular weight excluding hydrogens is 351 g/mol. The standard InChI is InChI=1S/C20H13FN2O2S/c21-15-8-6-14(7-9-15)18-10-16(13-4-2-1-3-5-13)17(11-22)20(23-18)26-12-19(24)25/h1-10H,12H2,(H,24,25)/p-1. The first kappa shape index (κ1) is 17.6. The number of halogens is 1. The van der Waals surface area contributed by atoms with Crippen LogP contribution >= 0.6 is 11.8 Å². The number of carboxylic acids is 1. The molecule has 0 atom stereocenters. The van der Waals surface area contributed by atoms with Crippen LogP contribution in [0.1, 0.15) is 5.56 Å². The zero-order chi connectivity index (χ0) is 18.5. The molecule has 3 aromatic rings. The summed E-state index contributed by atoms with van der Waals surface area (Å²) in [5.74, 6) is -1.92. The predicted molar refractivity (Wildman–Crippen MR) is 95.5 cm³/mol. The molecule has 6 heteroatoms. The van der Waals surface area contributed by atoms with Crippen LogP contribution in [0.3, 0.4) is 0 Å². The quantitative estimate of drug-likeness (QED) is 0.650. The van der Waals surface area contributed by atoms with Crippen molar-refractivity contribution in [1.29, 1.82) is 5.26 Å². The van der Waals surface area contributed by atoms with E-state index in [1.165, 1.54) is 12.1 Å². The van der Waals surface area contributed by atoms with Gasteiger partial charge in [-0.1, -0.05) is 42.1 Å². The molecule has 0 saturated heterocycles. The Bertz CT molecular complexity index is 983. The zero-order valence-electron chi connectivity index (χ0n) is 13.5. The molecule has 128 valence electrons. The Morgan fingerprint density at radius 2 is 1.81 bits per heavy atom. The number of nitriles is 1. The molecule has 3 rings (SSSR count). The molecule has 1 heterocycles. The summed E-state index contributed by atoms with van der Waals surface area (Å²) in [5.41, 5.74) is 2.95. The number of hydrogen-bond acceptors (Lipinski definition) is 5. The van der Waals surface area contributed by atoms with E-state index in [4.69, 9.17) is 0 Å². The largest absolute Gasteiger partial charge is 0.549 e. The molecule has 0 aliphatic carbocycles. The monoisotopic (exact) mass is 363 g/mol. The predicted octanol–water partition coefficient (Wildman–Crippen LogP) is 3.27. The van der Waals surface area contributed by atoms with Gasteiger partial charge in [0.25, 0.3) is 0 Å². The van der Waals surface area contributed by atoms with Crippen LogP contribution in [0.15, 0.2) is 65.7 Å². The number of benzene rings is 2. The molecule has 0 amide bonds. The summed E-state index contributed by atoms with van der Waals surface area (Å²) >= 11 is 0.931. The Hall–Kier alpha value is -3.17. The molecule has 4 nitrogen and oxygen atoms in total. The molecular formula is C20H12FN2O2S-. The number of aromatic nitrogens is 1. The summed E-state index contributed by atoms with van der Waals surface area (Å²) in [7, 11) is 0. The van der Waals surface area contributed by atoms with Crippen LogP contribution in [-0.4, -0.2) is 16.7 Å². The van der Waals surface area contributed by atoms with Gasteiger partial charge in [-0.2, -0.15) is 5.26 Å². The third-order valence-electron chi connectivity index (χ3n) is 3.65. The Kier molecular flexibility index (Phi) is 5.30. The number of nitrogens with zero attached hydrogens (tertiary/aromatic N) is 2. The first-order chi connectivity index (χ1) is 12.6. The molecule has 0 aliphatic heterocycles. The van der Waals surface area contributed by atoms with Gasteiger partial charge in [-0.25, -0.2) is 9.37 Å². The lowest BCUT2D eigenvalue weighted by Crippen LogP contribution is -2.24. The van der Waals surface area contributed by atoms with Crippen molar-refractivity contribution in [3.8, 4) is 28.5 Å². The van der Waals surface area contributed by atoms with Gasteiger partial charge in [0.2, 0.25) is 0 Å². The normalized spacial score (nSPS) is 10.3. The number of pyridine rings is 1. The molecule has 0 aliphatic rings. The molecule has 26 heavy (non-hydrogen) atoms. The maximum absolute atomic E-state index is 13.2. The number of carbonyl (C=O) groups excluding carboxylic acids is 1. The molecule has 0 spiro atoms. The lowest BCUT2D eigenvalue weighted by Gasteiger charge is -2.13. The van der Waals surface area contributed by atoms with Gasteiger partial charge in [0, 0.05) is 16.9 Å². The molecule has 1 aromatic heterocycles. The van der Waals surface area contributed by atoms with Crippen LogP contribution in [0, 0.1) is 17.1 Å². The van der Waals surface area contributed by atoms with Crippen LogP contribution in [0.25, 0.3) is 22.4 Å². The van der Waals surface area contributed by atoms with Crippen molar-refractivity contribution < 1.29 is 14.3 Å². The van der Waals surface area contributed by atoms with Gasteiger partial charge >= 0.3 is 0 Å². The lowest BCUT2D eigenvalue weighted by molar-refractivity contribution is -0.301. The Labute approximate surface area is 153 Å². The fraction of sp³-hybridized carbons (Fsp3) is 0.0500. The lowest BCUT2D eigenvalue weighted by atomic mass is 9.99. The van der Waals surface area contributed by atoms with E-state index < -0.39 is 5.97 Å². The van der Waals surface area contributed by atoms with Crippen LogP contribution in [-0.2, 0) is 4.79 Å². The minimum Gasteiger partial charge on any atom is -0.549 e. The van der Waals surface area contributed by atoms with Gasteiger partial charge in [0.15, 0.2) is 0 Å². The van der Waals surface area contributed by atoms with Crippen molar-refractivity contribution in [1.82, 2.24) is 4.98 Å². The van der Waals surface area contributed by atoms with E-state index in [1.54, 1.807) is 18.2 Å². The van der Waals surface area contributed by atoms with Crippen LogP contribution < -0.4 is 5.11 Å². The summed E-state index contributed by atoms with van der Waals surface area (Å²) in [6, 6.07) is 19.0. The molecule has 0 fully saturated rings. The number of aliphatic carboxylic acids is 1. The van der Waals surface area contributed by atoms with Gasteiger partial charge < -0.3 is 9.90 Å². The Morgan fingerprint density at radius 3 is 2.42 bits per heavy atom. The van der Waals surface area contributed by atoms with E-state index in [0.29, 0.717) is 27.4 Å². The SMILES string of the molecule is N#Cc1c(-c2ccccc2)cc(-c2ccc(F)cc2)nc1SCC(=O)[O-]. The number of thioether (sulfide) groups is 1. The summed E-state index contributed by atoms with van der Waals surface area (Å²) in [6.45, 7) is 0. The van der Waals surface area contributed by atoms with Crippen LogP contribution in [0.5, 0.6) is 0 Å². The Balaban J connectivity index is 2.19. The van der Waals surface area contributed by atoms with Crippen molar-refractivity contribution in [2.24, 2.45) is 0 Å². The van der Waals surface area contributed by atoms with Crippen LogP contribution in [0.2, 0.25) is 0 Å². The highest BCUT2D eigenvalue weighted by Gasteiger charge is 2.15. The first-order valence-corrected chi connectivity index (χ1v) is 8.66. The summed E-state index contributed by atoms with van der Waals surface area (Å²) in [4.78, 5) is 15.3. The molecule has 0 unspecified atom stereocenters. The van der Waals surface area contributed by atoms with E-state index in [1.807, 2.05) is 30.3 Å². The molecule has 0 radical (unpaired) electrons. The fourth-order valence-electron chi connectivity index (χ4n) is 2.48. The third kappa shape index (κ3) is 3.90. The van der Waals surface area contributed by atoms with E-state index >= 15 is 0 Å². The second-order valence-electron chi connectivity index (χ2n) is 5.38. The average Bonchev–Trinajstić information content (AvgIpc) is 2.66. The second kappa shape index (κ2) is 7.81. The van der Waals surface area contributed by atoms with E-state index in [0.717, 1.165) is 17.3 Å². The molecule has 2 aromatic carbocycles. The Morgan fingerprint density at radius 1 is 1.12 bits per heavy atom. The molecule has 0 N–H and O–H groups in total. The number of rotatable bonds is 5.